The lowest BCUT2D eigenvalue weighted by Crippen LogP contribution is -2.41. The summed E-state index contributed by atoms with van der Waals surface area (Å²) in [5.41, 5.74) is 0.572. The molecule has 1 atom stereocenters. The van der Waals surface area contributed by atoms with E-state index in [-0.39, 0.29) is 12.0 Å². The lowest BCUT2D eigenvalue weighted by atomic mass is 9.70. The minimum Gasteiger partial charge on any atom is -0.394 e. The summed E-state index contributed by atoms with van der Waals surface area (Å²) < 4.78 is 26.4. The van der Waals surface area contributed by atoms with E-state index in [1.165, 1.54) is 6.07 Å². The number of aliphatic hydroxyl groups excluding tert-OH is 2. The second-order valence-corrected chi connectivity index (χ2v) is 6.27. The maximum atomic E-state index is 13.4. The van der Waals surface area contributed by atoms with Crippen LogP contribution in [0.2, 0.25) is 0 Å². The Labute approximate surface area is 124 Å². The number of aliphatic hydroxyl groups is 2. The van der Waals surface area contributed by atoms with Gasteiger partial charge in [0.05, 0.1) is 12.7 Å². The Morgan fingerprint density at radius 2 is 1.90 bits per heavy atom. The van der Waals surface area contributed by atoms with E-state index < -0.39 is 17.7 Å². The number of rotatable bonds is 5. The van der Waals surface area contributed by atoms with Crippen LogP contribution in [-0.4, -0.2) is 48.0 Å². The van der Waals surface area contributed by atoms with Crippen molar-refractivity contribution in [2.24, 2.45) is 5.41 Å². The molecular formula is C16H23F2NO2. The van der Waals surface area contributed by atoms with Crippen LogP contribution in [0.15, 0.2) is 18.2 Å². The fourth-order valence-corrected chi connectivity index (χ4v) is 3.19. The molecule has 0 amide bonds. The van der Waals surface area contributed by atoms with Crippen molar-refractivity contribution in [3.8, 4) is 0 Å². The van der Waals surface area contributed by atoms with Gasteiger partial charge < -0.3 is 15.1 Å². The third-order valence-corrected chi connectivity index (χ3v) is 4.49. The Morgan fingerprint density at radius 3 is 2.48 bits per heavy atom. The summed E-state index contributed by atoms with van der Waals surface area (Å²) in [7, 11) is 2.05. The molecule has 1 heterocycles. The van der Waals surface area contributed by atoms with Crippen molar-refractivity contribution < 1.29 is 19.0 Å². The zero-order valence-corrected chi connectivity index (χ0v) is 12.4. The van der Waals surface area contributed by atoms with E-state index in [4.69, 9.17) is 5.11 Å². The van der Waals surface area contributed by atoms with E-state index in [0.717, 1.165) is 37.6 Å². The number of benzene rings is 1. The molecule has 0 aliphatic carbocycles. The first kappa shape index (κ1) is 16.3. The predicted octanol–water partition coefficient (Wildman–Crippen LogP) is 1.96. The molecule has 21 heavy (non-hydrogen) atoms. The van der Waals surface area contributed by atoms with Gasteiger partial charge in [-0.2, -0.15) is 0 Å². The number of hydrogen-bond donors (Lipinski definition) is 2. The highest BCUT2D eigenvalue weighted by Crippen LogP contribution is 2.39. The van der Waals surface area contributed by atoms with Crippen LogP contribution in [0, 0.1) is 17.0 Å². The minimum atomic E-state index is -0.841. The Bertz CT molecular complexity index is 473. The van der Waals surface area contributed by atoms with Crippen LogP contribution in [0.5, 0.6) is 0 Å². The molecule has 5 heteroatoms. The summed E-state index contributed by atoms with van der Waals surface area (Å²) in [4.78, 5) is 2.22. The summed E-state index contributed by atoms with van der Waals surface area (Å²) in [6.45, 7) is 1.54. The highest BCUT2D eigenvalue weighted by molar-refractivity contribution is 5.19. The van der Waals surface area contributed by atoms with E-state index >= 15 is 0 Å². The average molecular weight is 299 g/mol. The highest BCUT2D eigenvalue weighted by Gasteiger charge is 2.35. The van der Waals surface area contributed by atoms with Crippen molar-refractivity contribution >= 4 is 0 Å². The first-order valence-corrected chi connectivity index (χ1v) is 7.35. The zero-order chi connectivity index (χ0) is 15.5. The van der Waals surface area contributed by atoms with Crippen LogP contribution in [-0.2, 0) is 6.42 Å². The van der Waals surface area contributed by atoms with E-state index in [1.54, 1.807) is 6.07 Å². The molecule has 1 aliphatic heterocycles. The molecule has 118 valence electrons. The first-order valence-electron chi connectivity index (χ1n) is 7.35. The van der Waals surface area contributed by atoms with Crippen LogP contribution in [0.3, 0.4) is 0 Å². The van der Waals surface area contributed by atoms with Gasteiger partial charge in [0.1, 0.15) is 0 Å². The summed E-state index contributed by atoms with van der Waals surface area (Å²) >= 11 is 0. The number of hydrogen-bond acceptors (Lipinski definition) is 3. The van der Waals surface area contributed by atoms with Crippen LogP contribution in [0.25, 0.3) is 0 Å². The van der Waals surface area contributed by atoms with Gasteiger partial charge >= 0.3 is 0 Å². The number of nitrogens with zero attached hydrogens (tertiary/aromatic N) is 1. The molecule has 1 aromatic rings. The topological polar surface area (TPSA) is 43.7 Å². The molecule has 1 fully saturated rings. The summed E-state index contributed by atoms with van der Waals surface area (Å²) in [5, 5.41) is 18.9. The van der Waals surface area contributed by atoms with Crippen LogP contribution < -0.4 is 0 Å². The second kappa shape index (κ2) is 6.81. The summed E-state index contributed by atoms with van der Waals surface area (Å²) in [6, 6.07) is 3.99. The van der Waals surface area contributed by atoms with Gasteiger partial charge in [-0.25, -0.2) is 8.78 Å². The lowest BCUT2D eigenvalue weighted by Gasteiger charge is -2.42. The van der Waals surface area contributed by atoms with Gasteiger partial charge in [0.15, 0.2) is 11.6 Å². The molecule has 2 N–H and O–H groups in total. The molecule has 1 unspecified atom stereocenters. The van der Waals surface area contributed by atoms with Gasteiger partial charge in [-0.05, 0) is 68.9 Å². The van der Waals surface area contributed by atoms with Gasteiger partial charge in [0.2, 0.25) is 0 Å². The molecular weight excluding hydrogens is 276 g/mol. The Kier molecular flexibility index (Phi) is 5.30. The fraction of sp³-hybridized carbons (Fsp3) is 0.625. The molecule has 1 saturated heterocycles. The van der Waals surface area contributed by atoms with E-state index in [0.29, 0.717) is 12.8 Å². The van der Waals surface area contributed by atoms with Crippen LogP contribution in [0.4, 0.5) is 8.78 Å². The van der Waals surface area contributed by atoms with Crippen molar-refractivity contribution in [3.05, 3.63) is 35.4 Å². The molecule has 0 saturated carbocycles. The van der Waals surface area contributed by atoms with Crippen molar-refractivity contribution in [2.75, 3.05) is 26.7 Å². The third kappa shape index (κ3) is 4.22. The van der Waals surface area contributed by atoms with Gasteiger partial charge in [-0.1, -0.05) is 6.07 Å². The quantitative estimate of drug-likeness (QED) is 0.873. The fourth-order valence-electron chi connectivity index (χ4n) is 3.19. The first-order chi connectivity index (χ1) is 9.94. The standard InChI is InChI=1S/C16H23F2NO2/c1-19-6-4-16(5-7-19,10-13(21)11-20)9-12-2-3-14(17)15(18)8-12/h2-3,8,13,20-21H,4-7,9-11H2,1H3. The predicted molar refractivity (Wildman–Crippen MR) is 76.9 cm³/mol. The Balaban J connectivity index is 2.16. The van der Waals surface area contributed by atoms with E-state index in [2.05, 4.69) is 4.90 Å². The normalized spacial score (nSPS) is 20.4. The molecule has 0 aromatic heterocycles. The lowest BCUT2D eigenvalue weighted by molar-refractivity contribution is 0.0189. The molecule has 0 spiro atoms. The number of piperidine rings is 1. The SMILES string of the molecule is CN1CCC(Cc2ccc(F)c(F)c2)(CC(O)CO)CC1. The van der Waals surface area contributed by atoms with Gasteiger partial charge in [0.25, 0.3) is 0 Å². The second-order valence-electron chi connectivity index (χ2n) is 6.27. The van der Waals surface area contributed by atoms with Gasteiger partial charge in [-0.15, -0.1) is 0 Å². The molecule has 2 rings (SSSR count). The molecule has 3 nitrogen and oxygen atoms in total. The van der Waals surface area contributed by atoms with Crippen LogP contribution in [0.1, 0.15) is 24.8 Å². The summed E-state index contributed by atoms with van der Waals surface area (Å²) in [6.07, 6.45) is 2.06. The largest absolute Gasteiger partial charge is 0.394 e. The molecule has 1 aromatic carbocycles. The third-order valence-electron chi connectivity index (χ3n) is 4.49. The smallest absolute Gasteiger partial charge is 0.159 e. The van der Waals surface area contributed by atoms with E-state index in [9.17, 15) is 13.9 Å². The minimum absolute atomic E-state index is 0.168. The summed E-state index contributed by atoms with van der Waals surface area (Å²) in [5.74, 6) is -1.68. The average Bonchev–Trinajstić information content (AvgIpc) is 2.46. The van der Waals surface area contributed by atoms with Crippen molar-refractivity contribution in [1.82, 2.24) is 4.90 Å². The Morgan fingerprint density at radius 1 is 1.24 bits per heavy atom. The molecule has 0 radical (unpaired) electrons. The van der Waals surface area contributed by atoms with Crippen molar-refractivity contribution in [1.29, 1.82) is 0 Å². The van der Waals surface area contributed by atoms with Gasteiger partial charge in [0, 0.05) is 0 Å². The van der Waals surface area contributed by atoms with Crippen molar-refractivity contribution in [2.45, 2.75) is 31.8 Å². The maximum absolute atomic E-state index is 13.4. The van der Waals surface area contributed by atoms with E-state index in [1.807, 2.05) is 7.05 Å². The zero-order valence-electron chi connectivity index (χ0n) is 12.4. The highest BCUT2D eigenvalue weighted by atomic mass is 19.2. The monoisotopic (exact) mass is 299 g/mol. The molecule has 0 bridgehead atoms. The number of likely N-dealkylation sites (tertiary alicyclic amines) is 1. The van der Waals surface area contributed by atoms with Crippen LogP contribution >= 0.6 is 0 Å². The van der Waals surface area contributed by atoms with Gasteiger partial charge in [-0.3, -0.25) is 0 Å². The number of halogens is 2. The molecule has 1 aliphatic rings. The van der Waals surface area contributed by atoms with Crippen molar-refractivity contribution in [3.63, 3.8) is 0 Å². The Hall–Kier alpha value is -1.04. The maximum Gasteiger partial charge on any atom is 0.159 e.